The average Bonchev–Trinajstić information content (AvgIpc) is 3.37. The monoisotopic (exact) mass is 507 g/mol. The Balaban J connectivity index is 1.48. The number of thioether (sulfide) groups is 1. The van der Waals surface area contributed by atoms with Crippen molar-refractivity contribution in [1.29, 1.82) is 5.26 Å². The van der Waals surface area contributed by atoms with Crippen molar-refractivity contribution in [3.63, 3.8) is 0 Å². The zero-order valence-electron chi connectivity index (χ0n) is 20.2. The van der Waals surface area contributed by atoms with E-state index in [0.717, 1.165) is 24.8 Å². The molecular formula is C26H29N5O2S2. The number of nitrogens with zero attached hydrogens (tertiary/aromatic N) is 4. The summed E-state index contributed by atoms with van der Waals surface area (Å²) >= 11 is 2.79. The molecule has 0 aliphatic heterocycles. The molecule has 1 aromatic carbocycles. The zero-order valence-corrected chi connectivity index (χ0v) is 21.8. The maximum atomic E-state index is 12.8. The van der Waals surface area contributed by atoms with Gasteiger partial charge in [0.25, 0.3) is 0 Å². The van der Waals surface area contributed by atoms with Crippen LogP contribution >= 0.6 is 23.1 Å². The number of aromatic hydroxyl groups is 1. The molecule has 0 saturated carbocycles. The number of allylic oxidation sites excluding steroid dienone is 1. The predicted octanol–water partition coefficient (Wildman–Crippen LogP) is 5.65. The number of carbonyl (C=O) groups is 1. The van der Waals surface area contributed by atoms with E-state index in [2.05, 4.69) is 48.9 Å². The summed E-state index contributed by atoms with van der Waals surface area (Å²) < 4.78 is 1.82. The van der Waals surface area contributed by atoms with E-state index in [0.29, 0.717) is 39.6 Å². The number of hydrogen-bond donors (Lipinski definition) is 2. The van der Waals surface area contributed by atoms with Crippen LogP contribution in [-0.4, -0.2) is 31.5 Å². The molecule has 182 valence electrons. The number of aromatic nitrogens is 3. The molecule has 9 heteroatoms. The number of anilines is 1. The van der Waals surface area contributed by atoms with Crippen molar-refractivity contribution in [3.8, 4) is 23.2 Å². The minimum absolute atomic E-state index is 0.110. The molecule has 2 N–H and O–H groups in total. The van der Waals surface area contributed by atoms with Gasteiger partial charge in [0.15, 0.2) is 11.0 Å². The first-order chi connectivity index (χ1) is 16.7. The topological polar surface area (TPSA) is 104 Å². The summed E-state index contributed by atoms with van der Waals surface area (Å²) in [6.45, 7) is 11.0. The number of para-hydroxylation sites is 1. The van der Waals surface area contributed by atoms with Gasteiger partial charge in [-0.1, -0.05) is 50.7 Å². The molecule has 0 saturated heterocycles. The van der Waals surface area contributed by atoms with Crippen LogP contribution in [0.4, 0.5) is 5.00 Å². The highest BCUT2D eigenvalue weighted by Gasteiger charge is 2.32. The highest BCUT2D eigenvalue weighted by Crippen LogP contribution is 2.44. The Kier molecular flexibility index (Phi) is 7.33. The van der Waals surface area contributed by atoms with Crippen LogP contribution in [0.15, 0.2) is 42.1 Å². The molecule has 0 fully saturated rings. The minimum Gasteiger partial charge on any atom is -0.507 e. The van der Waals surface area contributed by atoms with Crippen LogP contribution in [-0.2, 0) is 24.2 Å². The summed E-state index contributed by atoms with van der Waals surface area (Å²) in [6, 6.07) is 9.25. The molecule has 0 unspecified atom stereocenters. The summed E-state index contributed by atoms with van der Waals surface area (Å²) in [4.78, 5) is 14.1. The van der Waals surface area contributed by atoms with Gasteiger partial charge in [0, 0.05) is 11.4 Å². The van der Waals surface area contributed by atoms with Crippen molar-refractivity contribution in [2.24, 2.45) is 11.3 Å². The average molecular weight is 508 g/mol. The quantitative estimate of drug-likeness (QED) is 0.316. The van der Waals surface area contributed by atoms with E-state index in [-0.39, 0.29) is 22.8 Å². The standard InChI is InChI=1S/C26H29N5O2S2/c1-5-12-31-23(18-8-6-7-9-20(18)32)29-30-25(31)34-15-22(33)28-24-19(14-27)17-11-10-16(26(2,3)4)13-21(17)35-24/h5-9,16,32H,1,10-13,15H2,2-4H3,(H,28,33)/t16-/m1/s1. The second-order valence-electron chi connectivity index (χ2n) is 9.68. The van der Waals surface area contributed by atoms with Gasteiger partial charge in [0.05, 0.1) is 16.9 Å². The molecule has 35 heavy (non-hydrogen) atoms. The third-order valence-electron chi connectivity index (χ3n) is 6.36. The van der Waals surface area contributed by atoms with Gasteiger partial charge in [0.2, 0.25) is 5.91 Å². The first-order valence-electron chi connectivity index (χ1n) is 11.5. The third kappa shape index (κ3) is 5.29. The molecule has 1 amide bonds. The summed E-state index contributed by atoms with van der Waals surface area (Å²) in [5.74, 6) is 1.10. The van der Waals surface area contributed by atoms with Gasteiger partial charge >= 0.3 is 0 Å². The summed E-state index contributed by atoms with van der Waals surface area (Å²) in [5, 5.41) is 32.6. The summed E-state index contributed by atoms with van der Waals surface area (Å²) in [7, 11) is 0. The minimum atomic E-state index is -0.199. The number of nitrogens with one attached hydrogen (secondary N) is 1. The molecule has 1 atom stereocenters. The van der Waals surface area contributed by atoms with Crippen LogP contribution in [0, 0.1) is 22.7 Å². The van der Waals surface area contributed by atoms with Crippen molar-refractivity contribution >= 4 is 34.0 Å². The van der Waals surface area contributed by atoms with E-state index in [1.54, 1.807) is 24.3 Å². The summed E-state index contributed by atoms with van der Waals surface area (Å²) in [6.07, 6.45) is 4.60. The number of phenolic OH excluding ortho intramolecular Hbond substituents is 1. The lowest BCUT2D eigenvalue weighted by Crippen LogP contribution is -2.26. The fourth-order valence-electron chi connectivity index (χ4n) is 4.38. The highest BCUT2D eigenvalue weighted by atomic mass is 32.2. The molecule has 4 rings (SSSR count). The Bertz CT molecular complexity index is 1300. The van der Waals surface area contributed by atoms with E-state index in [9.17, 15) is 15.2 Å². The van der Waals surface area contributed by atoms with Gasteiger partial charge in [-0.15, -0.1) is 28.1 Å². The molecule has 1 aliphatic rings. The smallest absolute Gasteiger partial charge is 0.235 e. The van der Waals surface area contributed by atoms with Crippen molar-refractivity contribution in [2.45, 2.75) is 51.7 Å². The fraction of sp³-hybridized carbons (Fsp3) is 0.385. The molecule has 1 aliphatic carbocycles. The number of benzene rings is 1. The van der Waals surface area contributed by atoms with E-state index >= 15 is 0 Å². The Morgan fingerprint density at radius 3 is 2.86 bits per heavy atom. The van der Waals surface area contributed by atoms with Crippen molar-refractivity contribution in [2.75, 3.05) is 11.1 Å². The predicted molar refractivity (Wildman–Crippen MR) is 141 cm³/mol. The number of carbonyl (C=O) groups excluding carboxylic acids is 1. The molecule has 0 radical (unpaired) electrons. The van der Waals surface area contributed by atoms with Crippen molar-refractivity contribution < 1.29 is 9.90 Å². The number of phenols is 1. The molecule has 2 aromatic heterocycles. The van der Waals surface area contributed by atoms with Crippen LogP contribution in [0.2, 0.25) is 0 Å². The van der Waals surface area contributed by atoms with E-state index in [4.69, 9.17) is 0 Å². The lowest BCUT2D eigenvalue weighted by molar-refractivity contribution is -0.113. The van der Waals surface area contributed by atoms with E-state index in [1.165, 1.54) is 28.0 Å². The largest absolute Gasteiger partial charge is 0.507 e. The Labute approximate surface area is 213 Å². The first-order valence-corrected chi connectivity index (χ1v) is 13.3. The van der Waals surface area contributed by atoms with Gasteiger partial charge in [-0.2, -0.15) is 5.26 Å². The van der Waals surface area contributed by atoms with Gasteiger partial charge in [-0.3, -0.25) is 9.36 Å². The van der Waals surface area contributed by atoms with E-state index < -0.39 is 0 Å². The molecule has 0 spiro atoms. The molecule has 3 aromatic rings. The lowest BCUT2D eigenvalue weighted by atomic mass is 9.72. The number of amides is 1. The van der Waals surface area contributed by atoms with E-state index in [1.807, 2.05) is 10.6 Å². The third-order valence-corrected chi connectivity index (χ3v) is 8.50. The van der Waals surface area contributed by atoms with Crippen LogP contribution < -0.4 is 5.32 Å². The van der Waals surface area contributed by atoms with Crippen LogP contribution in [0.3, 0.4) is 0 Å². The Morgan fingerprint density at radius 2 is 2.17 bits per heavy atom. The van der Waals surface area contributed by atoms with Crippen LogP contribution in [0.5, 0.6) is 5.75 Å². The van der Waals surface area contributed by atoms with Crippen LogP contribution in [0.25, 0.3) is 11.4 Å². The van der Waals surface area contributed by atoms with Gasteiger partial charge in [-0.25, -0.2) is 0 Å². The number of hydrogen-bond acceptors (Lipinski definition) is 7. The number of nitriles is 1. The second-order valence-corrected chi connectivity index (χ2v) is 11.7. The lowest BCUT2D eigenvalue weighted by Gasteiger charge is -2.33. The molecule has 0 bridgehead atoms. The SMILES string of the molecule is C=CCn1c(SCC(=O)Nc2sc3c(c2C#N)CC[C@@H](C(C)(C)C)C3)nnc1-c1ccccc1O. The number of thiophene rings is 1. The van der Waals surface area contributed by atoms with Crippen molar-refractivity contribution in [1.82, 2.24) is 14.8 Å². The van der Waals surface area contributed by atoms with Crippen LogP contribution in [0.1, 0.15) is 43.2 Å². The Hall–Kier alpha value is -3.09. The number of fused-ring (bicyclic) bond motifs is 1. The molecule has 7 nitrogen and oxygen atoms in total. The van der Waals surface area contributed by atoms with Gasteiger partial charge in [0.1, 0.15) is 16.8 Å². The number of rotatable bonds is 7. The van der Waals surface area contributed by atoms with Crippen molar-refractivity contribution in [3.05, 3.63) is 52.9 Å². The molecule has 2 heterocycles. The Morgan fingerprint density at radius 1 is 1.40 bits per heavy atom. The second kappa shape index (κ2) is 10.3. The normalized spacial score (nSPS) is 15.3. The fourth-order valence-corrected chi connectivity index (χ4v) is 6.42. The first kappa shape index (κ1) is 25.0. The maximum absolute atomic E-state index is 12.8. The maximum Gasteiger partial charge on any atom is 0.235 e. The molecular weight excluding hydrogens is 478 g/mol. The zero-order chi connectivity index (χ0) is 25.2. The van der Waals surface area contributed by atoms with Gasteiger partial charge in [-0.05, 0) is 48.3 Å². The van der Waals surface area contributed by atoms with Gasteiger partial charge < -0.3 is 10.4 Å². The summed E-state index contributed by atoms with van der Waals surface area (Å²) in [5.41, 5.74) is 2.48. The highest BCUT2D eigenvalue weighted by molar-refractivity contribution is 7.99.